The quantitative estimate of drug-likeness (QED) is 0.350. The smallest absolute Gasteiger partial charge is 0.323 e. The number of urea groups is 1. The number of hydrogen-bond donors (Lipinski definition) is 3. The van der Waals surface area contributed by atoms with Crippen LogP contribution in [0.3, 0.4) is 0 Å². The highest BCUT2D eigenvalue weighted by Gasteiger charge is 2.33. The Morgan fingerprint density at radius 1 is 1.17 bits per heavy atom. The first-order chi connectivity index (χ1) is 16.7. The van der Waals surface area contributed by atoms with E-state index in [1.54, 1.807) is 12.1 Å². The van der Waals surface area contributed by atoms with Gasteiger partial charge in [0, 0.05) is 5.39 Å². The largest absolute Gasteiger partial charge is 0.405 e. The molecule has 0 bridgehead atoms. The van der Waals surface area contributed by atoms with Crippen LogP contribution in [0.1, 0.15) is 50.9 Å². The van der Waals surface area contributed by atoms with Crippen LogP contribution in [0.4, 0.5) is 15.2 Å². The fourth-order valence-corrected chi connectivity index (χ4v) is 3.81. The highest BCUT2D eigenvalue weighted by Crippen LogP contribution is 2.35. The van der Waals surface area contributed by atoms with Gasteiger partial charge in [0.15, 0.2) is 0 Å². The molecule has 0 aliphatic heterocycles. The molecule has 0 saturated carbocycles. The van der Waals surface area contributed by atoms with Gasteiger partial charge in [-0.25, -0.2) is 9.18 Å². The fraction of sp³-hybridized carbons (Fsp3) is 0.280. The van der Waals surface area contributed by atoms with Crippen LogP contribution < -0.4 is 16.4 Å². The van der Waals surface area contributed by atoms with Crippen molar-refractivity contribution in [2.24, 2.45) is 11.1 Å². The average Bonchev–Trinajstić information content (AvgIpc) is 3.40. The number of para-hydroxylation sites is 1. The van der Waals surface area contributed by atoms with Crippen molar-refractivity contribution in [3.63, 3.8) is 0 Å². The molecule has 2 aromatic carbocycles. The second-order valence-corrected chi connectivity index (χ2v) is 9.23. The van der Waals surface area contributed by atoms with E-state index in [0.717, 1.165) is 27.9 Å². The molecule has 10 heteroatoms. The van der Waals surface area contributed by atoms with Crippen molar-refractivity contribution < 1.29 is 13.6 Å². The van der Waals surface area contributed by atoms with E-state index in [-0.39, 0.29) is 17.2 Å². The molecule has 0 saturated heterocycles. The highest BCUT2D eigenvalue weighted by atomic mass is 19.1. The molecule has 4 N–H and O–H groups in total. The standard InChI is InChI=1S/C25H28FN7O2/c1-5-18(28-21(25(2,3)4)22-30-31-24(35-22)29-23(27)34)20-17-8-6-7-9-19(17)33(32-20)14-15-10-12-16(26)13-11-15/h5-13,21,28H,14H2,1-4H3,(H3,27,29,31,34)/b18-5-. The van der Waals surface area contributed by atoms with E-state index in [1.807, 2.05) is 62.7 Å². The molecule has 1 unspecified atom stereocenters. The normalized spacial score (nSPS) is 13.1. The van der Waals surface area contributed by atoms with Crippen LogP contribution >= 0.6 is 0 Å². The molecule has 4 aromatic rings. The maximum absolute atomic E-state index is 13.4. The molecular formula is C25H28FN7O2. The third kappa shape index (κ3) is 5.32. The zero-order valence-electron chi connectivity index (χ0n) is 20.0. The number of halogens is 1. The molecule has 0 aliphatic rings. The second kappa shape index (κ2) is 9.57. The van der Waals surface area contributed by atoms with Gasteiger partial charge >= 0.3 is 12.0 Å². The number of hydrogen-bond acceptors (Lipinski definition) is 6. The molecule has 1 atom stereocenters. The van der Waals surface area contributed by atoms with Crippen molar-refractivity contribution in [2.75, 3.05) is 5.32 Å². The monoisotopic (exact) mass is 477 g/mol. The van der Waals surface area contributed by atoms with Gasteiger partial charge in [-0.15, -0.1) is 5.10 Å². The van der Waals surface area contributed by atoms with Crippen molar-refractivity contribution in [3.8, 4) is 0 Å². The molecule has 2 amide bonds. The number of nitrogens with zero attached hydrogens (tertiary/aromatic N) is 4. The predicted molar refractivity (Wildman–Crippen MR) is 132 cm³/mol. The molecule has 0 fully saturated rings. The van der Waals surface area contributed by atoms with Crippen molar-refractivity contribution in [3.05, 3.63) is 77.6 Å². The third-order valence-electron chi connectivity index (χ3n) is 5.53. The van der Waals surface area contributed by atoms with Gasteiger partial charge in [-0.3, -0.25) is 10.00 Å². The maximum atomic E-state index is 13.4. The molecule has 2 heterocycles. The summed E-state index contributed by atoms with van der Waals surface area (Å²) in [5.74, 6) is 0.0271. The number of rotatable bonds is 7. The summed E-state index contributed by atoms with van der Waals surface area (Å²) in [4.78, 5) is 11.2. The number of carbonyl (C=O) groups is 1. The SMILES string of the molecule is C/C=C(\NC(c1nnc(NC(N)=O)o1)C(C)(C)C)c1nn(Cc2ccc(F)cc2)c2ccccc12. The Bertz CT molecular complexity index is 1370. The van der Waals surface area contributed by atoms with Crippen LogP contribution in [0.25, 0.3) is 16.6 Å². The van der Waals surface area contributed by atoms with E-state index < -0.39 is 12.1 Å². The van der Waals surface area contributed by atoms with Crippen LogP contribution in [-0.2, 0) is 6.54 Å². The van der Waals surface area contributed by atoms with E-state index in [4.69, 9.17) is 15.2 Å². The van der Waals surface area contributed by atoms with Gasteiger partial charge in [-0.2, -0.15) is 5.10 Å². The third-order valence-corrected chi connectivity index (χ3v) is 5.53. The Hall–Kier alpha value is -4.21. The Morgan fingerprint density at radius 3 is 2.54 bits per heavy atom. The first-order valence-electron chi connectivity index (χ1n) is 11.2. The minimum atomic E-state index is -0.784. The number of carbonyl (C=O) groups excluding carboxylic acids is 1. The van der Waals surface area contributed by atoms with Gasteiger partial charge < -0.3 is 15.5 Å². The summed E-state index contributed by atoms with van der Waals surface area (Å²) in [5, 5.41) is 19.7. The van der Waals surface area contributed by atoms with Crippen molar-refractivity contribution in [2.45, 2.75) is 40.3 Å². The van der Waals surface area contributed by atoms with Crippen LogP contribution in [0.2, 0.25) is 0 Å². The molecule has 9 nitrogen and oxygen atoms in total. The van der Waals surface area contributed by atoms with Crippen LogP contribution in [-0.4, -0.2) is 26.0 Å². The van der Waals surface area contributed by atoms with Crippen molar-refractivity contribution in [1.82, 2.24) is 25.3 Å². The number of nitrogens with two attached hydrogens (primary N) is 1. The van der Waals surface area contributed by atoms with E-state index in [2.05, 4.69) is 20.8 Å². The van der Waals surface area contributed by atoms with Gasteiger partial charge in [-0.1, -0.05) is 62.3 Å². The van der Waals surface area contributed by atoms with Gasteiger partial charge in [0.25, 0.3) is 0 Å². The Labute approximate surface area is 202 Å². The molecule has 182 valence electrons. The Kier molecular flexibility index (Phi) is 6.54. The number of primary amides is 1. The molecule has 0 radical (unpaired) electrons. The predicted octanol–water partition coefficient (Wildman–Crippen LogP) is 4.84. The topological polar surface area (TPSA) is 124 Å². The summed E-state index contributed by atoms with van der Waals surface area (Å²) < 4.78 is 20.9. The summed E-state index contributed by atoms with van der Waals surface area (Å²) in [7, 11) is 0. The van der Waals surface area contributed by atoms with Gasteiger partial charge in [0.2, 0.25) is 5.89 Å². The van der Waals surface area contributed by atoms with Gasteiger partial charge in [-0.05, 0) is 36.1 Å². The molecular weight excluding hydrogens is 449 g/mol. The molecule has 0 spiro atoms. The first-order valence-corrected chi connectivity index (χ1v) is 11.2. The van der Waals surface area contributed by atoms with Gasteiger partial charge in [0.1, 0.15) is 17.6 Å². The van der Waals surface area contributed by atoms with E-state index in [9.17, 15) is 9.18 Å². The molecule has 35 heavy (non-hydrogen) atoms. The van der Waals surface area contributed by atoms with E-state index in [1.165, 1.54) is 12.1 Å². The number of nitrogens with one attached hydrogen (secondary N) is 2. The molecule has 0 aliphatic carbocycles. The van der Waals surface area contributed by atoms with Crippen LogP contribution in [0.5, 0.6) is 0 Å². The average molecular weight is 478 g/mol. The van der Waals surface area contributed by atoms with Crippen LogP contribution in [0.15, 0.2) is 59.0 Å². The number of allylic oxidation sites excluding steroid dienone is 1. The summed E-state index contributed by atoms with van der Waals surface area (Å²) in [6.07, 6.45) is 1.94. The maximum Gasteiger partial charge on any atom is 0.323 e. The van der Waals surface area contributed by atoms with Crippen molar-refractivity contribution >= 4 is 28.6 Å². The zero-order valence-corrected chi connectivity index (χ0v) is 20.0. The minimum absolute atomic E-state index is 0.0698. The number of anilines is 1. The molecule has 2 aromatic heterocycles. The number of amides is 2. The molecule has 4 rings (SSSR count). The fourth-order valence-electron chi connectivity index (χ4n) is 3.81. The number of benzene rings is 2. The Morgan fingerprint density at radius 2 is 1.89 bits per heavy atom. The highest BCUT2D eigenvalue weighted by molar-refractivity contribution is 5.90. The van der Waals surface area contributed by atoms with E-state index >= 15 is 0 Å². The summed E-state index contributed by atoms with van der Waals surface area (Å²) in [5.41, 5.74) is 8.25. The zero-order chi connectivity index (χ0) is 25.2. The number of fused-ring (bicyclic) bond motifs is 1. The first kappa shape index (κ1) is 23.9. The lowest BCUT2D eigenvalue weighted by atomic mass is 9.86. The van der Waals surface area contributed by atoms with E-state index in [0.29, 0.717) is 12.4 Å². The summed E-state index contributed by atoms with van der Waals surface area (Å²) >= 11 is 0. The summed E-state index contributed by atoms with van der Waals surface area (Å²) in [6, 6.07) is 13.1. The van der Waals surface area contributed by atoms with Crippen molar-refractivity contribution in [1.29, 1.82) is 0 Å². The summed E-state index contributed by atoms with van der Waals surface area (Å²) in [6.45, 7) is 8.52. The number of aromatic nitrogens is 4. The van der Waals surface area contributed by atoms with Crippen LogP contribution in [0, 0.1) is 11.2 Å². The lowest BCUT2D eigenvalue weighted by Gasteiger charge is -2.30. The lowest BCUT2D eigenvalue weighted by Crippen LogP contribution is -2.32. The second-order valence-electron chi connectivity index (χ2n) is 9.23. The lowest BCUT2D eigenvalue weighted by molar-refractivity contribution is 0.251. The van der Waals surface area contributed by atoms with Gasteiger partial charge in [0.05, 0.1) is 17.8 Å². The Balaban J connectivity index is 1.70. The minimum Gasteiger partial charge on any atom is -0.405 e.